The van der Waals surface area contributed by atoms with Crippen molar-refractivity contribution in [3.05, 3.63) is 48.3 Å². The lowest BCUT2D eigenvalue weighted by atomic mass is 9.84. The number of carbonyl (C=O) groups is 2. The first kappa shape index (κ1) is 24.5. The van der Waals surface area contributed by atoms with Gasteiger partial charge in [-0.2, -0.15) is 0 Å². The molecule has 0 radical (unpaired) electrons. The highest BCUT2D eigenvalue weighted by Crippen LogP contribution is 2.28. The standard InChI is InChI=1S/C25H34N2O4/c1-18(2)17-31-24(29)25(4,5)12-9-19(3)11-15-30-23(28)20-10-14-27-22(16-20)21-8-6-7-13-26-21/h6-8,10,13-14,16,18-19H,9,11-12,15,17H2,1-5H3. The molecule has 1 unspecified atom stereocenters. The Balaban J connectivity index is 1.77. The number of nitrogens with zero attached hydrogens (tertiary/aromatic N) is 2. The van der Waals surface area contributed by atoms with Gasteiger partial charge in [0.2, 0.25) is 0 Å². The van der Waals surface area contributed by atoms with Gasteiger partial charge < -0.3 is 9.47 Å². The fourth-order valence-electron chi connectivity index (χ4n) is 2.94. The average molecular weight is 427 g/mol. The highest BCUT2D eigenvalue weighted by molar-refractivity contribution is 5.90. The van der Waals surface area contributed by atoms with Gasteiger partial charge in [-0.25, -0.2) is 4.79 Å². The Morgan fingerprint density at radius 1 is 0.968 bits per heavy atom. The SMILES string of the molecule is CC(C)COC(=O)C(C)(C)CCC(C)CCOC(=O)c1ccnc(-c2ccccn2)c1. The minimum absolute atomic E-state index is 0.152. The molecule has 0 amide bonds. The van der Waals surface area contributed by atoms with Crippen molar-refractivity contribution in [1.82, 2.24) is 9.97 Å². The molecule has 2 rings (SSSR count). The van der Waals surface area contributed by atoms with E-state index >= 15 is 0 Å². The van der Waals surface area contributed by atoms with Crippen LogP contribution in [0.25, 0.3) is 11.4 Å². The Morgan fingerprint density at radius 3 is 2.39 bits per heavy atom. The number of ether oxygens (including phenoxy) is 2. The maximum Gasteiger partial charge on any atom is 0.338 e. The van der Waals surface area contributed by atoms with E-state index in [0.717, 1.165) is 19.3 Å². The molecular weight excluding hydrogens is 392 g/mol. The molecule has 2 aromatic rings. The van der Waals surface area contributed by atoms with Crippen LogP contribution in [-0.4, -0.2) is 35.1 Å². The van der Waals surface area contributed by atoms with E-state index in [2.05, 4.69) is 16.9 Å². The van der Waals surface area contributed by atoms with E-state index in [9.17, 15) is 9.59 Å². The Kier molecular flexibility index (Phi) is 9.16. The van der Waals surface area contributed by atoms with Crippen molar-refractivity contribution in [3.63, 3.8) is 0 Å². The molecule has 0 bridgehead atoms. The van der Waals surface area contributed by atoms with Gasteiger partial charge in [0.05, 0.1) is 35.6 Å². The van der Waals surface area contributed by atoms with Crippen LogP contribution in [0.2, 0.25) is 0 Å². The monoisotopic (exact) mass is 426 g/mol. The number of hydrogen-bond donors (Lipinski definition) is 0. The number of pyridine rings is 2. The number of hydrogen-bond acceptors (Lipinski definition) is 6. The summed E-state index contributed by atoms with van der Waals surface area (Å²) in [5.41, 5.74) is 1.28. The third kappa shape index (κ3) is 8.12. The number of aromatic nitrogens is 2. The van der Waals surface area contributed by atoms with Crippen molar-refractivity contribution in [2.75, 3.05) is 13.2 Å². The van der Waals surface area contributed by atoms with Gasteiger partial charge in [-0.15, -0.1) is 0 Å². The van der Waals surface area contributed by atoms with Crippen molar-refractivity contribution >= 4 is 11.9 Å². The van der Waals surface area contributed by atoms with Gasteiger partial charge in [0.15, 0.2) is 0 Å². The van der Waals surface area contributed by atoms with Crippen LogP contribution in [-0.2, 0) is 14.3 Å². The van der Waals surface area contributed by atoms with Gasteiger partial charge in [0, 0.05) is 12.4 Å². The van der Waals surface area contributed by atoms with Crippen LogP contribution in [0, 0.1) is 17.3 Å². The molecular formula is C25H34N2O4. The van der Waals surface area contributed by atoms with Crippen LogP contribution in [0.4, 0.5) is 0 Å². The Hall–Kier alpha value is -2.76. The summed E-state index contributed by atoms with van der Waals surface area (Å²) >= 11 is 0. The first-order valence-electron chi connectivity index (χ1n) is 10.9. The molecule has 0 aliphatic heterocycles. The number of rotatable bonds is 11. The predicted molar refractivity (Wildman–Crippen MR) is 120 cm³/mol. The lowest BCUT2D eigenvalue weighted by molar-refractivity contribution is -0.155. The molecule has 2 heterocycles. The molecule has 0 saturated heterocycles. The van der Waals surface area contributed by atoms with Crippen molar-refractivity contribution < 1.29 is 19.1 Å². The van der Waals surface area contributed by atoms with Crippen LogP contribution < -0.4 is 0 Å². The van der Waals surface area contributed by atoms with Gasteiger partial charge in [-0.3, -0.25) is 14.8 Å². The van der Waals surface area contributed by atoms with E-state index in [1.54, 1.807) is 24.5 Å². The van der Waals surface area contributed by atoms with Crippen LogP contribution >= 0.6 is 0 Å². The van der Waals surface area contributed by atoms with Crippen LogP contribution in [0.15, 0.2) is 42.7 Å². The van der Waals surface area contributed by atoms with Crippen LogP contribution in [0.1, 0.15) is 64.2 Å². The molecule has 6 nitrogen and oxygen atoms in total. The predicted octanol–water partition coefficient (Wildman–Crippen LogP) is 5.33. The molecule has 0 aliphatic carbocycles. The van der Waals surface area contributed by atoms with Crippen LogP contribution in [0.5, 0.6) is 0 Å². The molecule has 31 heavy (non-hydrogen) atoms. The number of esters is 2. The maximum absolute atomic E-state index is 12.4. The van der Waals surface area contributed by atoms with Crippen molar-refractivity contribution in [3.8, 4) is 11.4 Å². The first-order chi connectivity index (χ1) is 14.7. The number of carbonyl (C=O) groups excluding carboxylic acids is 2. The average Bonchev–Trinajstić information content (AvgIpc) is 2.76. The zero-order valence-corrected chi connectivity index (χ0v) is 19.3. The summed E-state index contributed by atoms with van der Waals surface area (Å²) in [5, 5.41) is 0. The van der Waals surface area contributed by atoms with Gasteiger partial charge in [0.1, 0.15) is 0 Å². The summed E-state index contributed by atoms with van der Waals surface area (Å²) in [6.45, 7) is 10.8. The molecule has 0 spiro atoms. The van der Waals surface area contributed by atoms with E-state index in [1.807, 2.05) is 45.9 Å². The summed E-state index contributed by atoms with van der Waals surface area (Å²) in [5.74, 6) is 0.130. The normalized spacial score (nSPS) is 12.5. The summed E-state index contributed by atoms with van der Waals surface area (Å²) in [7, 11) is 0. The highest BCUT2D eigenvalue weighted by atomic mass is 16.5. The molecule has 0 saturated carbocycles. The van der Waals surface area contributed by atoms with E-state index in [-0.39, 0.29) is 11.9 Å². The van der Waals surface area contributed by atoms with E-state index in [0.29, 0.717) is 42.0 Å². The minimum atomic E-state index is -0.515. The zero-order valence-electron chi connectivity index (χ0n) is 19.3. The third-order valence-electron chi connectivity index (χ3n) is 5.13. The van der Waals surface area contributed by atoms with E-state index < -0.39 is 5.41 Å². The topological polar surface area (TPSA) is 78.4 Å². The first-order valence-corrected chi connectivity index (χ1v) is 10.9. The summed E-state index contributed by atoms with van der Waals surface area (Å²) in [6, 6.07) is 8.89. The fourth-order valence-corrected chi connectivity index (χ4v) is 2.94. The van der Waals surface area contributed by atoms with Gasteiger partial charge in [-0.1, -0.05) is 26.8 Å². The molecule has 0 aliphatic rings. The minimum Gasteiger partial charge on any atom is -0.465 e. The second-order valence-corrected chi connectivity index (χ2v) is 9.09. The second-order valence-electron chi connectivity index (χ2n) is 9.09. The molecule has 2 aromatic heterocycles. The highest BCUT2D eigenvalue weighted by Gasteiger charge is 2.29. The van der Waals surface area contributed by atoms with E-state index in [1.165, 1.54) is 0 Å². The van der Waals surface area contributed by atoms with Gasteiger partial charge in [-0.05, 0) is 69.2 Å². The fraction of sp³-hybridized carbons (Fsp3) is 0.520. The zero-order chi connectivity index (χ0) is 22.9. The lowest BCUT2D eigenvalue weighted by Crippen LogP contribution is -2.28. The van der Waals surface area contributed by atoms with Gasteiger partial charge in [0.25, 0.3) is 0 Å². The second kappa shape index (κ2) is 11.6. The van der Waals surface area contributed by atoms with Crippen molar-refractivity contribution in [1.29, 1.82) is 0 Å². The third-order valence-corrected chi connectivity index (χ3v) is 5.13. The summed E-state index contributed by atoms with van der Waals surface area (Å²) in [6.07, 6.45) is 5.61. The smallest absolute Gasteiger partial charge is 0.338 e. The maximum atomic E-state index is 12.4. The lowest BCUT2D eigenvalue weighted by Gasteiger charge is -2.24. The Bertz CT molecular complexity index is 850. The molecule has 0 fully saturated rings. The van der Waals surface area contributed by atoms with Crippen molar-refractivity contribution in [2.24, 2.45) is 17.3 Å². The van der Waals surface area contributed by atoms with Crippen molar-refractivity contribution in [2.45, 2.75) is 53.9 Å². The molecule has 6 heteroatoms. The van der Waals surface area contributed by atoms with Crippen LogP contribution in [0.3, 0.4) is 0 Å². The molecule has 0 N–H and O–H groups in total. The molecule has 1 atom stereocenters. The molecule has 0 aromatic carbocycles. The quantitative estimate of drug-likeness (QED) is 0.452. The summed E-state index contributed by atoms with van der Waals surface area (Å²) < 4.78 is 10.8. The van der Waals surface area contributed by atoms with E-state index in [4.69, 9.17) is 9.47 Å². The Labute approximate surface area is 185 Å². The van der Waals surface area contributed by atoms with Gasteiger partial charge >= 0.3 is 11.9 Å². The summed E-state index contributed by atoms with van der Waals surface area (Å²) in [4.78, 5) is 33.2. The largest absolute Gasteiger partial charge is 0.465 e. The molecule has 168 valence electrons. The Morgan fingerprint density at radius 2 is 1.71 bits per heavy atom.